The second-order valence-electron chi connectivity index (χ2n) is 6.45. The Kier molecular flexibility index (Phi) is 4.07. The van der Waals surface area contributed by atoms with Crippen LogP contribution in [-0.4, -0.2) is 31.4 Å². The molecule has 5 rings (SSSR count). The second kappa shape index (κ2) is 6.78. The Morgan fingerprint density at radius 3 is 2.77 bits per heavy atom. The summed E-state index contributed by atoms with van der Waals surface area (Å²) in [4.78, 5) is 39.0. The minimum absolute atomic E-state index is 0.373. The smallest absolute Gasteiger partial charge is 0.454 e. The van der Waals surface area contributed by atoms with Gasteiger partial charge >= 0.3 is 11.3 Å². The highest BCUT2D eigenvalue weighted by atomic mass is 32.2. The summed E-state index contributed by atoms with van der Waals surface area (Å²) in [6, 6.07) is 8.20. The van der Waals surface area contributed by atoms with Gasteiger partial charge in [-0.15, -0.1) is 0 Å². The molecule has 0 bridgehead atoms. The Balaban J connectivity index is 1.53. The summed E-state index contributed by atoms with van der Waals surface area (Å²) < 4.78 is 5.81. The number of aryl methyl sites for hydroxylation is 1. The van der Waals surface area contributed by atoms with Crippen molar-refractivity contribution in [1.82, 2.24) is 15.0 Å². The number of hydrogen-bond acceptors (Lipinski definition) is 6. The lowest BCUT2D eigenvalue weighted by atomic mass is 10.2. The molecule has 1 atom stereocenters. The first-order valence-corrected chi connectivity index (χ1v) is 10.2. The summed E-state index contributed by atoms with van der Waals surface area (Å²) >= 11 is 0. The van der Waals surface area contributed by atoms with Crippen LogP contribution in [0.3, 0.4) is 0 Å². The highest BCUT2D eigenvalue weighted by Gasteiger charge is 2.36. The van der Waals surface area contributed by atoms with Crippen molar-refractivity contribution in [2.24, 2.45) is 0 Å². The second-order valence-corrected chi connectivity index (χ2v) is 8.10. The number of aromatic nitrogens is 3. The van der Waals surface area contributed by atoms with E-state index >= 15 is 0 Å². The molecule has 0 spiro atoms. The molecule has 1 aliphatic rings. The fourth-order valence-corrected chi connectivity index (χ4v) is 4.67. The molecule has 148 valence electrons. The van der Waals surface area contributed by atoms with Gasteiger partial charge in [0, 0.05) is 12.4 Å². The van der Waals surface area contributed by atoms with Crippen LogP contribution in [0.1, 0.15) is 5.69 Å². The van der Waals surface area contributed by atoms with E-state index in [2.05, 4.69) is 20.3 Å². The molecule has 0 fully saturated rings. The molecule has 5 heterocycles. The maximum atomic E-state index is 12.8. The fourth-order valence-electron chi connectivity index (χ4n) is 3.27. The predicted molar refractivity (Wildman–Crippen MR) is 112 cm³/mol. The van der Waals surface area contributed by atoms with Crippen LogP contribution in [0, 0.1) is 6.92 Å². The van der Waals surface area contributed by atoms with Crippen molar-refractivity contribution in [3.8, 4) is 11.5 Å². The molecule has 9 nitrogen and oxygen atoms in total. The minimum Gasteiger partial charge on any atom is -0.454 e. The lowest BCUT2D eigenvalue weighted by molar-refractivity contribution is 0.221. The van der Waals surface area contributed by atoms with Crippen molar-refractivity contribution in [3.05, 3.63) is 60.0 Å². The van der Waals surface area contributed by atoms with E-state index in [1.807, 2.05) is 13.0 Å². The SMILES string of the molecule is Cc1ncccc1Oc1ccc(N2C(=O)Nc3c[s+](C(=O)O)c4nccc2c34)nc1. The molecular formula is C20H14N5O4S+. The van der Waals surface area contributed by atoms with Gasteiger partial charge < -0.3 is 15.2 Å². The molecule has 0 saturated carbocycles. The van der Waals surface area contributed by atoms with Gasteiger partial charge in [0.05, 0.1) is 17.6 Å². The third kappa shape index (κ3) is 2.81. The molecular weight excluding hydrogens is 406 g/mol. The van der Waals surface area contributed by atoms with E-state index in [9.17, 15) is 14.7 Å². The van der Waals surface area contributed by atoms with E-state index in [0.717, 1.165) is 5.69 Å². The Morgan fingerprint density at radius 1 is 1.17 bits per heavy atom. The molecule has 4 aromatic rings. The predicted octanol–water partition coefficient (Wildman–Crippen LogP) is 5.08. The number of nitrogens with zero attached hydrogens (tertiary/aromatic N) is 4. The first-order valence-electron chi connectivity index (χ1n) is 8.87. The van der Waals surface area contributed by atoms with Crippen LogP contribution in [0.4, 0.5) is 26.8 Å². The van der Waals surface area contributed by atoms with Gasteiger partial charge in [0.1, 0.15) is 38.9 Å². The maximum absolute atomic E-state index is 12.8. The van der Waals surface area contributed by atoms with Crippen LogP contribution in [0.25, 0.3) is 10.2 Å². The Morgan fingerprint density at radius 2 is 2.03 bits per heavy atom. The van der Waals surface area contributed by atoms with Crippen LogP contribution >= 0.6 is 10.5 Å². The number of ether oxygens (including phenoxy) is 1. The summed E-state index contributed by atoms with van der Waals surface area (Å²) in [5, 5.41) is 13.4. The van der Waals surface area contributed by atoms with Gasteiger partial charge in [-0.2, -0.15) is 4.79 Å². The van der Waals surface area contributed by atoms with Crippen LogP contribution < -0.4 is 15.0 Å². The Bertz CT molecular complexity index is 1320. The standard InChI is InChI=1S/C20H13N5O4S/c1-11-15(3-2-7-21-11)29-12-4-5-16(23-9-12)25-14-6-8-22-18-17(14)13(24-19(25)26)10-30(18)20(27)28/h2-10H,1H3,(H-,24,26,27,28)/p+1. The van der Waals surface area contributed by atoms with E-state index in [-0.39, 0.29) is 0 Å². The number of carbonyl (C=O) groups is 2. The number of urea groups is 1. The van der Waals surface area contributed by atoms with Gasteiger partial charge in [-0.05, 0) is 37.3 Å². The lowest BCUT2D eigenvalue weighted by Gasteiger charge is -2.26. The van der Waals surface area contributed by atoms with E-state index in [1.54, 1.807) is 30.5 Å². The summed E-state index contributed by atoms with van der Waals surface area (Å²) in [6.07, 6.45) is 4.70. The van der Waals surface area contributed by atoms with Crippen molar-refractivity contribution < 1.29 is 19.4 Å². The maximum Gasteiger partial charge on any atom is 0.554 e. The number of nitrogens with one attached hydrogen (secondary N) is 1. The monoisotopic (exact) mass is 420 g/mol. The molecule has 0 aliphatic carbocycles. The summed E-state index contributed by atoms with van der Waals surface area (Å²) in [5.41, 5.74) is 1.75. The van der Waals surface area contributed by atoms with E-state index in [1.165, 1.54) is 22.7 Å². The van der Waals surface area contributed by atoms with Crippen molar-refractivity contribution in [1.29, 1.82) is 0 Å². The minimum atomic E-state index is -1.21. The zero-order valence-electron chi connectivity index (χ0n) is 15.6. The average Bonchev–Trinajstić information content (AvgIpc) is 3.11. The van der Waals surface area contributed by atoms with Gasteiger partial charge in [0.25, 0.3) is 4.83 Å². The first-order chi connectivity index (χ1) is 14.5. The number of hydrogen-bond donors (Lipinski definition) is 2. The molecule has 4 aromatic heterocycles. The fraction of sp³-hybridized carbons (Fsp3) is 0.0500. The highest BCUT2D eigenvalue weighted by molar-refractivity contribution is 7.54. The number of pyridine rings is 3. The average molecular weight is 420 g/mol. The number of carbonyl (C=O) groups excluding carboxylic acids is 1. The van der Waals surface area contributed by atoms with Gasteiger partial charge in [0.15, 0.2) is 5.38 Å². The van der Waals surface area contributed by atoms with E-state index in [4.69, 9.17) is 4.74 Å². The molecule has 2 N–H and O–H groups in total. The molecule has 30 heavy (non-hydrogen) atoms. The normalized spacial score (nSPS) is 13.3. The lowest BCUT2D eigenvalue weighted by Crippen LogP contribution is -2.34. The summed E-state index contributed by atoms with van der Waals surface area (Å²) in [7, 11) is -1.21. The quantitative estimate of drug-likeness (QED) is 0.442. The number of anilines is 3. The van der Waals surface area contributed by atoms with Crippen LogP contribution in [0.2, 0.25) is 0 Å². The first kappa shape index (κ1) is 18.0. The molecule has 10 heteroatoms. The van der Waals surface area contributed by atoms with Crippen LogP contribution in [0.5, 0.6) is 11.5 Å². The molecule has 1 aliphatic heterocycles. The molecule has 2 amide bonds. The number of carboxylic acid groups (broad SMARTS) is 1. The van der Waals surface area contributed by atoms with E-state index in [0.29, 0.717) is 38.9 Å². The Hall–Kier alpha value is -4.05. The number of rotatable bonds is 4. The molecule has 0 aromatic carbocycles. The summed E-state index contributed by atoms with van der Waals surface area (Å²) in [6.45, 7) is 1.84. The third-order valence-corrected chi connectivity index (χ3v) is 6.19. The van der Waals surface area contributed by atoms with Crippen molar-refractivity contribution in [2.75, 3.05) is 10.2 Å². The summed E-state index contributed by atoms with van der Waals surface area (Å²) in [5.74, 6) is 1.49. The van der Waals surface area contributed by atoms with Crippen molar-refractivity contribution >= 4 is 49.2 Å². The van der Waals surface area contributed by atoms with E-state index < -0.39 is 21.8 Å². The highest BCUT2D eigenvalue weighted by Crippen LogP contribution is 2.46. The molecule has 0 radical (unpaired) electrons. The number of amides is 2. The third-order valence-electron chi connectivity index (χ3n) is 4.62. The van der Waals surface area contributed by atoms with Crippen LogP contribution in [-0.2, 0) is 0 Å². The van der Waals surface area contributed by atoms with Crippen LogP contribution in [0.15, 0.2) is 54.3 Å². The number of thiophene rings is 1. The van der Waals surface area contributed by atoms with Crippen molar-refractivity contribution in [2.45, 2.75) is 6.92 Å². The Labute approximate surface area is 172 Å². The van der Waals surface area contributed by atoms with Gasteiger partial charge in [0.2, 0.25) is 0 Å². The molecule has 0 saturated heterocycles. The van der Waals surface area contributed by atoms with Gasteiger partial charge in [-0.25, -0.2) is 19.7 Å². The van der Waals surface area contributed by atoms with Gasteiger partial charge in [-0.3, -0.25) is 4.98 Å². The zero-order valence-corrected chi connectivity index (χ0v) is 16.4. The molecule has 1 unspecified atom stereocenters. The largest absolute Gasteiger partial charge is 0.554 e. The zero-order chi connectivity index (χ0) is 20.8. The van der Waals surface area contributed by atoms with Crippen molar-refractivity contribution in [3.63, 3.8) is 0 Å². The van der Waals surface area contributed by atoms with Gasteiger partial charge in [-0.1, -0.05) is 0 Å². The topological polar surface area (TPSA) is 118 Å².